The quantitative estimate of drug-likeness (QED) is 0.773. The Balaban J connectivity index is 3.00. The van der Waals surface area contributed by atoms with Gasteiger partial charge in [-0.05, 0) is 18.2 Å². The van der Waals surface area contributed by atoms with E-state index in [0.717, 1.165) is 18.2 Å². The first-order valence-corrected chi connectivity index (χ1v) is 7.26. The van der Waals surface area contributed by atoms with Crippen molar-refractivity contribution in [3.8, 4) is 12.3 Å². The van der Waals surface area contributed by atoms with Crippen LogP contribution in [0.5, 0.6) is 0 Å². The molecule has 0 aromatic heterocycles. The van der Waals surface area contributed by atoms with Gasteiger partial charge in [0.2, 0.25) is 5.91 Å². The second kappa shape index (κ2) is 6.41. The van der Waals surface area contributed by atoms with E-state index in [0.29, 0.717) is 0 Å². The molecule has 0 unspecified atom stereocenters. The van der Waals surface area contributed by atoms with Crippen LogP contribution < -0.4 is 5.32 Å². The number of carboxylic acid groups (broad SMARTS) is 1. The van der Waals surface area contributed by atoms with Gasteiger partial charge in [-0.25, -0.2) is 13.2 Å². The van der Waals surface area contributed by atoms with Gasteiger partial charge in [-0.2, -0.15) is 0 Å². The Bertz CT molecular complexity index is 690. The first-order valence-electron chi connectivity index (χ1n) is 5.23. The van der Waals surface area contributed by atoms with Crippen molar-refractivity contribution in [2.75, 3.05) is 12.3 Å². The molecule has 0 atom stereocenters. The predicted molar refractivity (Wildman–Crippen MR) is 72.3 cm³/mol. The zero-order valence-corrected chi connectivity index (χ0v) is 11.7. The highest BCUT2D eigenvalue weighted by Gasteiger charge is 2.21. The van der Waals surface area contributed by atoms with Gasteiger partial charge in [-0.1, -0.05) is 17.5 Å². The molecule has 2 N–H and O–H groups in total. The van der Waals surface area contributed by atoms with Crippen molar-refractivity contribution in [3.05, 3.63) is 28.8 Å². The van der Waals surface area contributed by atoms with Crippen LogP contribution in [0.3, 0.4) is 0 Å². The normalized spacial score (nSPS) is 10.6. The molecule has 1 rings (SSSR count). The number of aromatic carboxylic acids is 1. The van der Waals surface area contributed by atoms with Crippen LogP contribution in [-0.2, 0) is 14.6 Å². The zero-order valence-electron chi connectivity index (χ0n) is 10.1. The molecule has 0 aliphatic carbocycles. The second-order valence-corrected chi connectivity index (χ2v) is 6.08. The fourth-order valence-electron chi connectivity index (χ4n) is 1.32. The smallest absolute Gasteiger partial charge is 0.337 e. The third kappa shape index (κ3) is 3.98. The van der Waals surface area contributed by atoms with E-state index in [1.165, 1.54) is 0 Å². The lowest BCUT2D eigenvalue weighted by Gasteiger charge is -2.06. The van der Waals surface area contributed by atoms with Crippen molar-refractivity contribution in [1.29, 1.82) is 0 Å². The Labute approximate surface area is 120 Å². The largest absolute Gasteiger partial charge is 0.478 e. The average molecular weight is 316 g/mol. The number of carbonyl (C=O) groups excluding carboxylic acids is 1. The summed E-state index contributed by atoms with van der Waals surface area (Å²) in [5, 5.41) is 10.8. The van der Waals surface area contributed by atoms with Gasteiger partial charge in [0.15, 0.2) is 9.84 Å². The van der Waals surface area contributed by atoms with Crippen LogP contribution >= 0.6 is 11.6 Å². The molecule has 1 amide bonds. The number of carbonyl (C=O) groups is 2. The van der Waals surface area contributed by atoms with Crippen molar-refractivity contribution in [3.63, 3.8) is 0 Å². The highest BCUT2D eigenvalue weighted by molar-refractivity contribution is 7.92. The van der Waals surface area contributed by atoms with E-state index in [1.807, 2.05) is 0 Å². The van der Waals surface area contributed by atoms with Crippen LogP contribution in [-0.4, -0.2) is 37.7 Å². The molecule has 0 saturated heterocycles. The summed E-state index contributed by atoms with van der Waals surface area (Å²) in [7, 11) is -3.91. The minimum Gasteiger partial charge on any atom is -0.478 e. The molecule has 0 bridgehead atoms. The third-order valence-corrected chi connectivity index (χ3v) is 4.17. The summed E-state index contributed by atoms with van der Waals surface area (Å²) >= 11 is 5.68. The maximum atomic E-state index is 11.9. The minimum absolute atomic E-state index is 0.0763. The van der Waals surface area contributed by atoms with E-state index in [-0.39, 0.29) is 22.0 Å². The van der Waals surface area contributed by atoms with Gasteiger partial charge in [-0.3, -0.25) is 4.79 Å². The minimum atomic E-state index is -3.91. The highest BCUT2D eigenvalue weighted by Crippen LogP contribution is 2.21. The number of halogens is 1. The predicted octanol–water partition coefficient (Wildman–Crippen LogP) is 0.561. The average Bonchev–Trinajstić information content (AvgIpc) is 2.35. The molecule has 1 aromatic carbocycles. The number of hydrogen-bond donors (Lipinski definition) is 2. The Hall–Kier alpha value is -2.04. The molecule has 1 aromatic rings. The summed E-state index contributed by atoms with van der Waals surface area (Å²) in [6.07, 6.45) is 4.93. The van der Waals surface area contributed by atoms with Gasteiger partial charge in [0.25, 0.3) is 0 Å². The lowest BCUT2D eigenvalue weighted by atomic mass is 10.2. The molecule has 0 heterocycles. The van der Waals surface area contributed by atoms with Crippen molar-refractivity contribution in [2.45, 2.75) is 4.90 Å². The van der Waals surface area contributed by atoms with Gasteiger partial charge in [0.05, 0.1) is 22.0 Å². The molecule has 20 heavy (non-hydrogen) atoms. The Morgan fingerprint density at radius 2 is 2.05 bits per heavy atom. The topological polar surface area (TPSA) is 101 Å². The van der Waals surface area contributed by atoms with Crippen LogP contribution in [0, 0.1) is 12.3 Å². The first-order chi connectivity index (χ1) is 9.27. The van der Waals surface area contributed by atoms with Crippen LogP contribution in [0.25, 0.3) is 0 Å². The summed E-state index contributed by atoms with van der Waals surface area (Å²) in [5.41, 5.74) is -0.220. The molecule has 0 fully saturated rings. The Kier molecular flexibility index (Phi) is 5.13. The summed E-state index contributed by atoms with van der Waals surface area (Å²) in [6.45, 7) is -0.0763. The molecule has 0 saturated carbocycles. The van der Waals surface area contributed by atoms with Crippen LogP contribution in [0.15, 0.2) is 23.1 Å². The van der Waals surface area contributed by atoms with Crippen molar-refractivity contribution < 1.29 is 23.1 Å². The summed E-state index contributed by atoms with van der Waals surface area (Å²) in [5.74, 6) is -0.675. The monoisotopic (exact) mass is 315 g/mol. The Morgan fingerprint density at radius 1 is 1.40 bits per heavy atom. The standard InChI is InChI=1S/C12H10ClNO5S/c1-2-5-14-11(15)7-20(18,19)8-3-4-9(12(16)17)10(13)6-8/h1,3-4,6H,5,7H2,(H,14,15)(H,16,17). The van der Waals surface area contributed by atoms with E-state index >= 15 is 0 Å². The molecule has 0 aliphatic heterocycles. The highest BCUT2D eigenvalue weighted by atomic mass is 35.5. The number of amides is 1. The van der Waals surface area contributed by atoms with Crippen LogP contribution in [0.2, 0.25) is 5.02 Å². The van der Waals surface area contributed by atoms with E-state index in [4.69, 9.17) is 23.1 Å². The summed E-state index contributed by atoms with van der Waals surface area (Å²) in [6, 6.07) is 3.14. The maximum absolute atomic E-state index is 11.9. The van der Waals surface area contributed by atoms with E-state index in [9.17, 15) is 18.0 Å². The number of terminal acetylenes is 1. The molecule has 6 nitrogen and oxygen atoms in total. The van der Waals surface area contributed by atoms with Gasteiger partial charge < -0.3 is 10.4 Å². The molecule has 0 radical (unpaired) electrons. The molecule has 106 valence electrons. The van der Waals surface area contributed by atoms with Crippen LogP contribution in [0.4, 0.5) is 0 Å². The maximum Gasteiger partial charge on any atom is 0.337 e. The van der Waals surface area contributed by atoms with Gasteiger partial charge in [0, 0.05) is 0 Å². The number of carboxylic acids is 1. The second-order valence-electron chi connectivity index (χ2n) is 3.69. The summed E-state index contributed by atoms with van der Waals surface area (Å²) < 4.78 is 23.8. The molecule has 0 spiro atoms. The third-order valence-electron chi connectivity index (χ3n) is 2.24. The lowest BCUT2D eigenvalue weighted by molar-refractivity contribution is -0.118. The fraction of sp³-hybridized carbons (Fsp3) is 0.167. The van der Waals surface area contributed by atoms with Crippen LogP contribution in [0.1, 0.15) is 10.4 Å². The van der Waals surface area contributed by atoms with E-state index in [2.05, 4.69) is 11.2 Å². The zero-order chi connectivity index (χ0) is 15.3. The lowest BCUT2D eigenvalue weighted by Crippen LogP contribution is -2.30. The van der Waals surface area contributed by atoms with Crippen molar-refractivity contribution in [2.24, 2.45) is 0 Å². The SMILES string of the molecule is C#CCNC(=O)CS(=O)(=O)c1ccc(C(=O)O)c(Cl)c1. The molecular formula is C12H10ClNO5S. The van der Waals surface area contributed by atoms with Gasteiger partial charge >= 0.3 is 5.97 Å². The number of hydrogen-bond acceptors (Lipinski definition) is 4. The number of rotatable bonds is 5. The Morgan fingerprint density at radius 3 is 2.55 bits per heavy atom. The van der Waals surface area contributed by atoms with Gasteiger partial charge in [0.1, 0.15) is 5.75 Å². The number of benzene rings is 1. The molecule has 8 heteroatoms. The summed E-state index contributed by atoms with van der Waals surface area (Å²) in [4.78, 5) is 21.9. The van der Waals surface area contributed by atoms with E-state index in [1.54, 1.807) is 0 Å². The first kappa shape index (κ1) is 16.0. The van der Waals surface area contributed by atoms with Crippen molar-refractivity contribution in [1.82, 2.24) is 5.32 Å². The number of sulfone groups is 1. The number of nitrogens with one attached hydrogen (secondary N) is 1. The van der Waals surface area contributed by atoms with Crippen molar-refractivity contribution >= 4 is 33.3 Å². The van der Waals surface area contributed by atoms with E-state index < -0.39 is 27.5 Å². The molecular weight excluding hydrogens is 306 g/mol. The molecule has 0 aliphatic rings. The fourth-order valence-corrected chi connectivity index (χ4v) is 2.83. The van der Waals surface area contributed by atoms with Gasteiger partial charge in [-0.15, -0.1) is 6.42 Å².